The number of carbonyl (C=O) groups excluding carboxylic acids is 2. The molecule has 0 saturated heterocycles. The Morgan fingerprint density at radius 2 is 1.70 bits per heavy atom. The molecule has 4 rings (SSSR count). The monoisotopic (exact) mass is 316 g/mol. The van der Waals surface area contributed by atoms with Gasteiger partial charge in [-0.25, -0.2) is 5.43 Å². The molecule has 6 nitrogen and oxygen atoms in total. The van der Waals surface area contributed by atoms with Crippen molar-refractivity contribution in [3.05, 3.63) is 0 Å². The fourth-order valence-corrected chi connectivity index (χ4v) is 4.94. The molecule has 0 unspecified atom stereocenters. The van der Waals surface area contributed by atoms with E-state index in [0.717, 1.165) is 11.8 Å². The molecule has 6 heteroatoms. The molecule has 4 aliphatic rings. The largest absolute Gasteiger partial charge is 0.352 e. The summed E-state index contributed by atoms with van der Waals surface area (Å²) in [5.74, 6) is 2.63. The van der Waals surface area contributed by atoms with Crippen molar-refractivity contribution in [2.45, 2.75) is 57.9 Å². The first-order valence-electron chi connectivity index (χ1n) is 8.53. The second-order valence-corrected chi connectivity index (χ2v) is 7.42. The molecule has 0 aromatic rings. The molecule has 2 amide bonds. The summed E-state index contributed by atoms with van der Waals surface area (Å²) in [5.41, 5.74) is 2.84. The first-order chi connectivity index (χ1) is 11.0. The second-order valence-electron chi connectivity index (χ2n) is 7.42. The average Bonchev–Trinajstić information content (AvgIpc) is 2.48. The third kappa shape index (κ3) is 3.72. The molecule has 0 aliphatic heterocycles. The fraction of sp³-hybridized carbons (Fsp3) is 0.765. The van der Waals surface area contributed by atoms with Crippen molar-refractivity contribution in [2.75, 3.05) is 0 Å². The van der Waals surface area contributed by atoms with Crippen LogP contribution in [0.15, 0.2) is 5.10 Å². The molecule has 2 N–H and O–H groups in total. The number of nitrogens with zero attached hydrogens (tertiary/aromatic N) is 2. The van der Waals surface area contributed by atoms with E-state index in [1.807, 2.05) is 0 Å². The van der Waals surface area contributed by atoms with E-state index in [1.54, 1.807) is 13.0 Å². The Balaban J connectivity index is 1.49. The van der Waals surface area contributed by atoms with Crippen molar-refractivity contribution in [3.63, 3.8) is 0 Å². The third-order valence-corrected chi connectivity index (χ3v) is 5.58. The van der Waals surface area contributed by atoms with Crippen molar-refractivity contribution >= 4 is 17.5 Å². The van der Waals surface area contributed by atoms with E-state index < -0.39 is 5.91 Å². The highest BCUT2D eigenvalue weighted by atomic mass is 16.2. The maximum Gasteiger partial charge on any atom is 0.254 e. The zero-order chi connectivity index (χ0) is 16.4. The highest BCUT2D eigenvalue weighted by molar-refractivity contribution is 6.00. The summed E-state index contributed by atoms with van der Waals surface area (Å²) in [5, 5.41) is 15.5. The van der Waals surface area contributed by atoms with E-state index in [2.05, 4.69) is 15.8 Å². The van der Waals surface area contributed by atoms with Gasteiger partial charge in [0.25, 0.3) is 5.91 Å². The van der Waals surface area contributed by atoms with Crippen LogP contribution in [0.5, 0.6) is 0 Å². The molecule has 4 bridgehead atoms. The Kier molecular flexibility index (Phi) is 4.65. The molecule has 0 spiro atoms. The van der Waals surface area contributed by atoms with Gasteiger partial charge in [0.1, 0.15) is 6.42 Å². The second kappa shape index (κ2) is 6.69. The highest BCUT2D eigenvalue weighted by Crippen LogP contribution is 2.53. The van der Waals surface area contributed by atoms with Crippen LogP contribution in [0, 0.1) is 35.0 Å². The zero-order valence-corrected chi connectivity index (χ0v) is 13.5. The third-order valence-electron chi connectivity index (χ3n) is 5.58. The predicted molar refractivity (Wildman–Crippen MR) is 85.1 cm³/mol. The normalized spacial score (nSPS) is 34.8. The number of hydrazone groups is 1. The first kappa shape index (κ1) is 16.0. The van der Waals surface area contributed by atoms with Gasteiger partial charge in [-0.05, 0) is 62.7 Å². The Morgan fingerprint density at radius 1 is 1.09 bits per heavy atom. The number of carbonyl (C=O) groups is 2. The van der Waals surface area contributed by atoms with E-state index in [-0.39, 0.29) is 18.7 Å². The van der Waals surface area contributed by atoms with E-state index in [9.17, 15) is 9.59 Å². The van der Waals surface area contributed by atoms with E-state index in [1.165, 1.54) is 32.1 Å². The molecular formula is C17H24N4O2. The van der Waals surface area contributed by atoms with Gasteiger partial charge in [0.15, 0.2) is 0 Å². The summed E-state index contributed by atoms with van der Waals surface area (Å²) in [6.07, 6.45) is 6.46. The Morgan fingerprint density at radius 3 is 2.26 bits per heavy atom. The lowest BCUT2D eigenvalue weighted by atomic mass is 9.54. The van der Waals surface area contributed by atoms with Gasteiger partial charge in [0.2, 0.25) is 5.91 Å². The van der Waals surface area contributed by atoms with E-state index in [4.69, 9.17) is 5.26 Å². The SMILES string of the molecule is C/C(CC(=O)NC1C2CC3CC(C2)CC1C3)=N\NC(=O)CC#N. The smallest absolute Gasteiger partial charge is 0.254 e. The Bertz CT molecular complexity index is 535. The van der Waals surface area contributed by atoms with Crippen LogP contribution >= 0.6 is 0 Å². The van der Waals surface area contributed by atoms with Crippen LogP contribution in [0.4, 0.5) is 0 Å². The summed E-state index contributed by atoms with van der Waals surface area (Å²) in [4.78, 5) is 23.4. The summed E-state index contributed by atoms with van der Waals surface area (Å²) >= 11 is 0. The van der Waals surface area contributed by atoms with Gasteiger partial charge in [-0.15, -0.1) is 0 Å². The van der Waals surface area contributed by atoms with Crippen molar-refractivity contribution in [3.8, 4) is 6.07 Å². The number of hydrogen-bond acceptors (Lipinski definition) is 4. The van der Waals surface area contributed by atoms with E-state index in [0.29, 0.717) is 23.6 Å². The number of amides is 2. The van der Waals surface area contributed by atoms with Gasteiger partial charge in [-0.2, -0.15) is 10.4 Å². The van der Waals surface area contributed by atoms with Crippen LogP contribution in [0.2, 0.25) is 0 Å². The van der Waals surface area contributed by atoms with Crippen LogP contribution in [-0.4, -0.2) is 23.6 Å². The Labute approximate surface area is 136 Å². The van der Waals surface area contributed by atoms with Crippen LogP contribution in [0.25, 0.3) is 0 Å². The molecule has 0 aromatic heterocycles. The van der Waals surface area contributed by atoms with Gasteiger partial charge >= 0.3 is 0 Å². The molecule has 0 heterocycles. The molecule has 0 aromatic carbocycles. The van der Waals surface area contributed by atoms with Gasteiger partial charge < -0.3 is 5.32 Å². The van der Waals surface area contributed by atoms with Crippen molar-refractivity contribution in [1.82, 2.24) is 10.7 Å². The minimum Gasteiger partial charge on any atom is -0.352 e. The van der Waals surface area contributed by atoms with Crippen LogP contribution in [0.1, 0.15) is 51.9 Å². The standard InChI is InChI=1S/C17H24N4O2/c1-10(20-21-15(22)2-3-18)4-16(23)19-17-13-6-11-5-12(8-13)9-14(17)7-11/h11-14,17H,2,4-9H2,1H3,(H,19,23)(H,21,22)/b20-10+. The Hall–Kier alpha value is -1.90. The van der Waals surface area contributed by atoms with Gasteiger partial charge in [0, 0.05) is 11.8 Å². The van der Waals surface area contributed by atoms with Crippen molar-refractivity contribution in [1.29, 1.82) is 5.26 Å². The number of nitriles is 1. The van der Waals surface area contributed by atoms with Crippen LogP contribution in [0.3, 0.4) is 0 Å². The molecule has 4 fully saturated rings. The summed E-state index contributed by atoms with van der Waals surface area (Å²) < 4.78 is 0. The molecule has 0 radical (unpaired) electrons. The molecule has 0 atom stereocenters. The van der Waals surface area contributed by atoms with Crippen molar-refractivity contribution < 1.29 is 9.59 Å². The predicted octanol–water partition coefficient (Wildman–Crippen LogP) is 1.72. The minimum absolute atomic E-state index is 0.0155. The molecule has 4 saturated carbocycles. The van der Waals surface area contributed by atoms with Crippen LogP contribution in [-0.2, 0) is 9.59 Å². The number of nitrogens with one attached hydrogen (secondary N) is 2. The lowest BCUT2D eigenvalue weighted by Gasteiger charge is -2.54. The minimum atomic E-state index is -0.451. The lowest BCUT2D eigenvalue weighted by molar-refractivity contribution is -0.124. The number of hydrogen-bond donors (Lipinski definition) is 2. The van der Waals surface area contributed by atoms with E-state index >= 15 is 0 Å². The fourth-order valence-electron chi connectivity index (χ4n) is 4.94. The number of rotatable bonds is 5. The van der Waals surface area contributed by atoms with Gasteiger partial charge in [0.05, 0.1) is 12.5 Å². The van der Waals surface area contributed by atoms with Gasteiger partial charge in [-0.1, -0.05) is 0 Å². The summed E-state index contributed by atoms with van der Waals surface area (Å²) in [7, 11) is 0. The molecule has 4 aliphatic carbocycles. The maximum atomic E-state index is 12.3. The lowest BCUT2D eigenvalue weighted by Crippen LogP contribution is -2.56. The van der Waals surface area contributed by atoms with Gasteiger partial charge in [-0.3, -0.25) is 9.59 Å². The summed E-state index contributed by atoms with van der Waals surface area (Å²) in [6, 6.07) is 2.09. The zero-order valence-electron chi connectivity index (χ0n) is 13.5. The maximum absolute atomic E-state index is 12.3. The summed E-state index contributed by atoms with van der Waals surface area (Å²) in [6.45, 7) is 1.71. The molecule has 124 valence electrons. The first-order valence-corrected chi connectivity index (χ1v) is 8.53. The average molecular weight is 316 g/mol. The quantitative estimate of drug-likeness (QED) is 0.597. The highest BCUT2D eigenvalue weighted by Gasteiger charge is 2.48. The topological polar surface area (TPSA) is 94.3 Å². The van der Waals surface area contributed by atoms with Crippen molar-refractivity contribution in [2.24, 2.45) is 28.8 Å². The molecule has 23 heavy (non-hydrogen) atoms. The molecular weight excluding hydrogens is 292 g/mol. The van der Waals surface area contributed by atoms with Crippen LogP contribution < -0.4 is 10.7 Å².